The molecule has 27 heavy (non-hydrogen) atoms. The van der Waals surface area contributed by atoms with Crippen molar-refractivity contribution in [1.29, 1.82) is 0 Å². The molecule has 0 spiro atoms. The molecule has 2 aromatic carbocycles. The summed E-state index contributed by atoms with van der Waals surface area (Å²) in [5, 5.41) is 3.81. The van der Waals surface area contributed by atoms with Gasteiger partial charge in [-0.25, -0.2) is 14.4 Å². The quantitative estimate of drug-likeness (QED) is 0.714. The minimum Gasteiger partial charge on any atom is -0.497 e. The maximum Gasteiger partial charge on any atom is 0.140 e. The van der Waals surface area contributed by atoms with Crippen molar-refractivity contribution >= 4 is 16.7 Å². The van der Waals surface area contributed by atoms with Crippen LogP contribution in [0.25, 0.3) is 10.9 Å². The molecule has 1 saturated heterocycles. The minimum atomic E-state index is -0.308. The Bertz CT molecular complexity index is 904. The van der Waals surface area contributed by atoms with E-state index in [0.717, 1.165) is 18.8 Å². The van der Waals surface area contributed by atoms with Crippen LogP contribution in [0.1, 0.15) is 24.4 Å². The number of nitrogens with zero attached hydrogens (tertiary/aromatic N) is 3. The fourth-order valence-corrected chi connectivity index (χ4v) is 3.73. The smallest absolute Gasteiger partial charge is 0.140 e. The molecule has 1 aromatic heterocycles. The molecule has 1 atom stereocenters. The normalized spacial score (nSPS) is 15.8. The Morgan fingerprint density at radius 1 is 1.11 bits per heavy atom. The van der Waals surface area contributed by atoms with Crippen LogP contribution in [0.2, 0.25) is 0 Å². The number of ether oxygens (including phenoxy) is 1. The first-order valence-electron chi connectivity index (χ1n) is 9.27. The van der Waals surface area contributed by atoms with Gasteiger partial charge in [0.2, 0.25) is 0 Å². The molecule has 1 aliphatic rings. The highest BCUT2D eigenvalue weighted by Gasteiger charge is 2.24. The summed E-state index contributed by atoms with van der Waals surface area (Å²) in [6, 6.07) is 13.3. The lowest BCUT2D eigenvalue weighted by atomic mass is 10.0. The average molecular weight is 366 g/mol. The summed E-state index contributed by atoms with van der Waals surface area (Å²) < 4.78 is 19.6. The molecule has 0 saturated carbocycles. The van der Waals surface area contributed by atoms with E-state index in [2.05, 4.69) is 32.3 Å². The van der Waals surface area contributed by atoms with E-state index < -0.39 is 0 Å². The van der Waals surface area contributed by atoms with E-state index in [1.54, 1.807) is 19.2 Å². The number of benzene rings is 2. The Labute approximate surface area is 158 Å². The fraction of sp³-hybridized carbons (Fsp3) is 0.333. The number of hydrogen-bond acceptors (Lipinski definition) is 5. The van der Waals surface area contributed by atoms with E-state index in [1.807, 2.05) is 12.1 Å². The Kier molecular flexibility index (Phi) is 5.16. The number of likely N-dealkylation sites (tertiary alicyclic amines) is 1. The maximum absolute atomic E-state index is 14.3. The standard InChI is InChI=1S/C21H23FN4O/c1-27-16-9-7-15(8-10-16)19(26-11-2-3-12-26)13-23-21-20-17(22)5-4-6-18(20)24-14-25-21/h4-10,14,19H,2-3,11-13H2,1H3,(H,23,24,25). The van der Waals surface area contributed by atoms with Crippen LogP contribution in [0.4, 0.5) is 10.2 Å². The van der Waals surface area contributed by atoms with E-state index in [0.29, 0.717) is 23.3 Å². The summed E-state index contributed by atoms with van der Waals surface area (Å²) >= 11 is 0. The third-order valence-corrected chi connectivity index (χ3v) is 5.16. The van der Waals surface area contributed by atoms with Gasteiger partial charge >= 0.3 is 0 Å². The molecule has 1 unspecified atom stereocenters. The van der Waals surface area contributed by atoms with E-state index in [-0.39, 0.29) is 11.9 Å². The van der Waals surface area contributed by atoms with Gasteiger partial charge in [-0.15, -0.1) is 0 Å². The second kappa shape index (κ2) is 7.88. The Morgan fingerprint density at radius 2 is 1.89 bits per heavy atom. The summed E-state index contributed by atoms with van der Waals surface area (Å²) in [6.07, 6.45) is 3.89. The van der Waals surface area contributed by atoms with E-state index in [9.17, 15) is 4.39 Å². The van der Waals surface area contributed by atoms with Crippen LogP contribution in [0.5, 0.6) is 5.75 Å². The lowest BCUT2D eigenvalue weighted by molar-refractivity contribution is 0.255. The Balaban J connectivity index is 1.60. The predicted molar refractivity (Wildman–Crippen MR) is 105 cm³/mol. The topological polar surface area (TPSA) is 50.3 Å². The van der Waals surface area contributed by atoms with Gasteiger partial charge in [0, 0.05) is 6.54 Å². The average Bonchev–Trinajstić information content (AvgIpc) is 3.23. The summed E-state index contributed by atoms with van der Waals surface area (Å²) in [4.78, 5) is 10.9. The molecule has 1 N–H and O–H groups in total. The number of anilines is 1. The second-order valence-corrected chi connectivity index (χ2v) is 6.77. The van der Waals surface area contributed by atoms with Crippen LogP contribution < -0.4 is 10.1 Å². The van der Waals surface area contributed by atoms with Crippen LogP contribution in [0.15, 0.2) is 48.8 Å². The van der Waals surface area contributed by atoms with Gasteiger partial charge in [-0.1, -0.05) is 18.2 Å². The van der Waals surface area contributed by atoms with Crippen molar-refractivity contribution in [2.45, 2.75) is 18.9 Å². The first-order valence-corrected chi connectivity index (χ1v) is 9.27. The van der Waals surface area contributed by atoms with Crippen molar-refractivity contribution in [3.05, 3.63) is 60.2 Å². The second-order valence-electron chi connectivity index (χ2n) is 6.77. The van der Waals surface area contributed by atoms with Crippen molar-refractivity contribution in [2.75, 3.05) is 32.1 Å². The monoisotopic (exact) mass is 366 g/mol. The zero-order valence-electron chi connectivity index (χ0n) is 15.4. The van der Waals surface area contributed by atoms with Crippen molar-refractivity contribution in [3.63, 3.8) is 0 Å². The highest BCUT2D eigenvalue weighted by atomic mass is 19.1. The number of aromatic nitrogens is 2. The van der Waals surface area contributed by atoms with E-state index in [4.69, 9.17) is 4.74 Å². The number of methoxy groups -OCH3 is 1. The van der Waals surface area contributed by atoms with E-state index in [1.165, 1.54) is 30.8 Å². The lowest BCUT2D eigenvalue weighted by Crippen LogP contribution is -2.31. The van der Waals surface area contributed by atoms with Gasteiger partial charge < -0.3 is 10.1 Å². The Morgan fingerprint density at radius 3 is 2.63 bits per heavy atom. The van der Waals surface area contributed by atoms with Gasteiger partial charge in [0.15, 0.2) is 0 Å². The number of nitrogens with one attached hydrogen (secondary N) is 1. The summed E-state index contributed by atoms with van der Waals surface area (Å²) in [5.41, 5.74) is 1.82. The van der Waals surface area contributed by atoms with Crippen LogP contribution in [0, 0.1) is 5.82 Å². The molecule has 3 aromatic rings. The van der Waals surface area contributed by atoms with Crippen LogP contribution in [-0.2, 0) is 0 Å². The molecule has 6 heteroatoms. The van der Waals surface area contributed by atoms with Crippen molar-refractivity contribution in [3.8, 4) is 5.75 Å². The van der Waals surface area contributed by atoms with Crippen LogP contribution >= 0.6 is 0 Å². The van der Waals surface area contributed by atoms with Gasteiger partial charge in [-0.05, 0) is 55.8 Å². The predicted octanol–water partition coefficient (Wildman–Crippen LogP) is 4.03. The van der Waals surface area contributed by atoms with Crippen molar-refractivity contribution < 1.29 is 9.13 Å². The molecular weight excluding hydrogens is 343 g/mol. The highest BCUT2D eigenvalue weighted by Crippen LogP contribution is 2.28. The fourth-order valence-electron chi connectivity index (χ4n) is 3.73. The SMILES string of the molecule is COc1ccc(C(CNc2ncnc3cccc(F)c23)N2CCCC2)cc1. The first kappa shape index (κ1) is 17.7. The minimum absolute atomic E-state index is 0.190. The number of fused-ring (bicyclic) bond motifs is 1. The zero-order chi connectivity index (χ0) is 18.6. The van der Waals surface area contributed by atoms with Gasteiger partial charge in [0.05, 0.1) is 24.1 Å². The summed E-state index contributed by atoms with van der Waals surface area (Å²) in [5.74, 6) is 1.07. The molecule has 4 rings (SSSR count). The molecule has 0 aliphatic carbocycles. The Hall–Kier alpha value is -2.73. The molecule has 2 heterocycles. The van der Waals surface area contributed by atoms with Gasteiger partial charge in [-0.2, -0.15) is 0 Å². The summed E-state index contributed by atoms with van der Waals surface area (Å²) in [6.45, 7) is 2.78. The molecule has 0 radical (unpaired) electrons. The number of hydrogen-bond donors (Lipinski definition) is 1. The molecule has 0 amide bonds. The van der Waals surface area contributed by atoms with Gasteiger partial charge in [0.25, 0.3) is 0 Å². The third kappa shape index (κ3) is 3.71. The van der Waals surface area contributed by atoms with Crippen molar-refractivity contribution in [2.24, 2.45) is 0 Å². The molecule has 140 valence electrons. The lowest BCUT2D eigenvalue weighted by Gasteiger charge is -2.28. The van der Waals surface area contributed by atoms with E-state index >= 15 is 0 Å². The van der Waals surface area contributed by atoms with Crippen LogP contribution in [0.3, 0.4) is 0 Å². The molecule has 1 fully saturated rings. The number of rotatable bonds is 6. The molecule has 0 bridgehead atoms. The van der Waals surface area contributed by atoms with Gasteiger partial charge in [0.1, 0.15) is 23.7 Å². The third-order valence-electron chi connectivity index (χ3n) is 5.16. The molecular formula is C21H23FN4O. The highest BCUT2D eigenvalue weighted by molar-refractivity contribution is 5.89. The zero-order valence-corrected chi connectivity index (χ0v) is 15.4. The summed E-state index contributed by atoms with van der Waals surface area (Å²) in [7, 11) is 1.67. The molecule has 5 nitrogen and oxygen atoms in total. The maximum atomic E-state index is 14.3. The first-order chi connectivity index (χ1) is 13.3. The largest absolute Gasteiger partial charge is 0.497 e. The van der Waals surface area contributed by atoms with Crippen molar-refractivity contribution in [1.82, 2.24) is 14.9 Å². The van der Waals surface area contributed by atoms with Crippen LogP contribution in [-0.4, -0.2) is 41.6 Å². The van der Waals surface area contributed by atoms with Gasteiger partial charge in [-0.3, -0.25) is 4.90 Å². The number of halogens is 1. The molecule has 1 aliphatic heterocycles.